The Morgan fingerprint density at radius 3 is 2.17 bits per heavy atom. The Bertz CT molecular complexity index is 157. The average molecular weight is 184 g/mol. The first-order valence-corrected chi connectivity index (χ1v) is 3.36. The van der Waals surface area contributed by atoms with E-state index in [1.54, 1.807) is 0 Å². The number of halogens is 3. The first kappa shape index (κ1) is 11.2. The van der Waals surface area contributed by atoms with Crippen molar-refractivity contribution in [1.29, 1.82) is 0 Å². The lowest BCUT2D eigenvalue weighted by molar-refractivity contribution is -0.160. The van der Waals surface area contributed by atoms with Gasteiger partial charge in [-0.15, -0.1) is 0 Å². The van der Waals surface area contributed by atoms with Gasteiger partial charge in [0, 0.05) is 7.05 Å². The number of nitrogens with one attached hydrogen (secondary N) is 2. The van der Waals surface area contributed by atoms with Crippen LogP contribution in [0, 0.1) is 0 Å². The summed E-state index contributed by atoms with van der Waals surface area (Å²) in [7, 11) is 2.46. The predicted molar refractivity (Wildman–Crippen MR) is 37.6 cm³/mol. The van der Waals surface area contributed by atoms with Crippen LogP contribution >= 0.6 is 0 Å². The number of carbonyl (C=O) groups excluding carboxylic acids is 1. The highest BCUT2D eigenvalue weighted by Crippen LogP contribution is 2.21. The summed E-state index contributed by atoms with van der Waals surface area (Å²) >= 11 is 0. The lowest BCUT2D eigenvalue weighted by Crippen LogP contribution is -2.43. The summed E-state index contributed by atoms with van der Waals surface area (Å²) in [4.78, 5) is 10.6. The fourth-order valence-corrected chi connectivity index (χ4v) is 0.669. The van der Waals surface area contributed by atoms with Gasteiger partial charge in [0.05, 0.1) is 6.42 Å². The Labute approximate surface area is 68.3 Å². The van der Waals surface area contributed by atoms with Crippen LogP contribution in [-0.2, 0) is 4.79 Å². The van der Waals surface area contributed by atoms with E-state index in [1.165, 1.54) is 14.1 Å². The highest BCUT2D eigenvalue weighted by Gasteiger charge is 2.39. The third-order valence-electron chi connectivity index (χ3n) is 1.41. The molecule has 72 valence electrons. The first-order valence-electron chi connectivity index (χ1n) is 3.36. The molecule has 0 aliphatic carbocycles. The van der Waals surface area contributed by atoms with Crippen LogP contribution in [0.2, 0.25) is 0 Å². The SMILES string of the molecule is CNC(=O)CC(NC)C(F)(F)F. The molecular formula is C6H11F3N2O. The molecule has 1 unspecified atom stereocenters. The van der Waals surface area contributed by atoms with Crippen molar-refractivity contribution in [2.24, 2.45) is 0 Å². The molecule has 0 aromatic carbocycles. The second kappa shape index (κ2) is 4.30. The van der Waals surface area contributed by atoms with Crippen LogP contribution in [0.25, 0.3) is 0 Å². The van der Waals surface area contributed by atoms with E-state index in [0.717, 1.165) is 0 Å². The molecule has 0 saturated heterocycles. The second-order valence-electron chi connectivity index (χ2n) is 2.26. The van der Waals surface area contributed by atoms with Crippen LogP contribution in [0.1, 0.15) is 6.42 Å². The third kappa shape index (κ3) is 3.56. The normalized spacial score (nSPS) is 14.1. The van der Waals surface area contributed by atoms with Gasteiger partial charge in [0.25, 0.3) is 0 Å². The molecule has 0 fully saturated rings. The van der Waals surface area contributed by atoms with Crippen molar-refractivity contribution in [3.05, 3.63) is 0 Å². The van der Waals surface area contributed by atoms with E-state index in [1.807, 2.05) is 5.32 Å². The Balaban J connectivity index is 4.09. The lowest BCUT2D eigenvalue weighted by Gasteiger charge is -2.18. The standard InChI is InChI=1S/C6H11F3N2O/c1-10-4(6(7,8)9)3-5(12)11-2/h4,10H,3H2,1-2H3,(H,11,12). The molecule has 0 saturated carbocycles. The molecule has 6 heteroatoms. The maximum atomic E-state index is 12.0. The zero-order valence-electron chi connectivity index (χ0n) is 6.83. The van der Waals surface area contributed by atoms with Crippen molar-refractivity contribution in [1.82, 2.24) is 10.6 Å². The zero-order valence-corrected chi connectivity index (χ0v) is 6.83. The van der Waals surface area contributed by atoms with Gasteiger partial charge < -0.3 is 10.6 Å². The smallest absolute Gasteiger partial charge is 0.359 e. The van der Waals surface area contributed by atoms with Crippen molar-refractivity contribution in [3.63, 3.8) is 0 Å². The molecule has 0 heterocycles. The molecule has 0 spiro atoms. The Hall–Kier alpha value is -0.780. The average Bonchev–Trinajstić information content (AvgIpc) is 1.97. The summed E-state index contributed by atoms with van der Waals surface area (Å²) in [6.45, 7) is 0. The molecule has 0 radical (unpaired) electrons. The maximum Gasteiger partial charge on any atom is 0.404 e. The summed E-state index contributed by atoms with van der Waals surface area (Å²) in [5, 5.41) is 4.14. The molecule has 0 aliphatic rings. The van der Waals surface area contributed by atoms with Gasteiger partial charge in [-0.2, -0.15) is 13.2 Å². The summed E-state index contributed by atoms with van der Waals surface area (Å²) in [5.74, 6) is -0.633. The van der Waals surface area contributed by atoms with Crippen LogP contribution in [0.4, 0.5) is 13.2 Å². The number of rotatable bonds is 3. The van der Waals surface area contributed by atoms with Crippen LogP contribution in [0.15, 0.2) is 0 Å². The van der Waals surface area contributed by atoms with Gasteiger partial charge in [-0.25, -0.2) is 0 Å². The molecule has 12 heavy (non-hydrogen) atoms. The summed E-state index contributed by atoms with van der Waals surface area (Å²) in [5.41, 5.74) is 0. The quantitative estimate of drug-likeness (QED) is 0.661. The minimum absolute atomic E-state index is 0.587. The Kier molecular flexibility index (Phi) is 4.02. The molecule has 0 aliphatic heterocycles. The minimum atomic E-state index is -4.37. The van der Waals surface area contributed by atoms with E-state index in [-0.39, 0.29) is 0 Å². The van der Waals surface area contributed by atoms with E-state index in [9.17, 15) is 18.0 Å². The van der Waals surface area contributed by atoms with Gasteiger partial charge in [-0.05, 0) is 7.05 Å². The molecule has 2 N–H and O–H groups in total. The van der Waals surface area contributed by atoms with Gasteiger partial charge in [-0.1, -0.05) is 0 Å². The van der Waals surface area contributed by atoms with Crippen molar-refractivity contribution >= 4 is 5.91 Å². The van der Waals surface area contributed by atoms with E-state index in [2.05, 4.69) is 5.32 Å². The lowest BCUT2D eigenvalue weighted by atomic mass is 10.2. The molecule has 3 nitrogen and oxygen atoms in total. The third-order valence-corrected chi connectivity index (χ3v) is 1.41. The summed E-state index contributed by atoms with van der Waals surface area (Å²) in [6, 6.07) is -1.77. The largest absolute Gasteiger partial charge is 0.404 e. The molecule has 1 atom stereocenters. The first-order chi connectivity index (χ1) is 5.41. The molecule has 0 rings (SSSR count). The molecule has 0 aromatic rings. The topological polar surface area (TPSA) is 41.1 Å². The van der Waals surface area contributed by atoms with E-state index in [4.69, 9.17) is 0 Å². The summed E-state index contributed by atoms with van der Waals surface area (Å²) in [6.07, 6.45) is -4.96. The second-order valence-corrected chi connectivity index (χ2v) is 2.26. The maximum absolute atomic E-state index is 12.0. The van der Waals surface area contributed by atoms with Gasteiger partial charge in [0.1, 0.15) is 6.04 Å². The molecule has 1 amide bonds. The number of hydrogen-bond acceptors (Lipinski definition) is 2. The van der Waals surface area contributed by atoms with Crippen molar-refractivity contribution in [3.8, 4) is 0 Å². The fraction of sp³-hybridized carbons (Fsp3) is 0.833. The fourth-order valence-electron chi connectivity index (χ4n) is 0.669. The number of hydrogen-bond donors (Lipinski definition) is 2. The zero-order chi connectivity index (χ0) is 9.78. The van der Waals surface area contributed by atoms with Gasteiger partial charge in [-0.3, -0.25) is 4.79 Å². The van der Waals surface area contributed by atoms with Crippen LogP contribution in [0.5, 0.6) is 0 Å². The van der Waals surface area contributed by atoms with Crippen LogP contribution in [0.3, 0.4) is 0 Å². The number of alkyl halides is 3. The minimum Gasteiger partial charge on any atom is -0.359 e. The Morgan fingerprint density at radius 2 is 1.92 bits per heavy atom. The van der Waals surface area contributed by atoms with Crippen molar-refractivity contribution in [2.45, 2.75) is 18.6 Å². The highest BCUT2D eigenvalue weighted by atomic mass is 19.4. The number of amides is 1. The van der Waals surface area contributed by atoms with Crippen molar-refractivity contribution in [2.75, 3.05) is 14.1 Å². The van der Waals surface area contributed by atoms with Crippen LogP contribution < -0.4 is 10.6 Å². The van der Waals surface area contributed by atoms with E-state index >= 15 is 0 Å². The molecule has 0 aromatic heterocycles. The van der Waals surface area contributed by atoms with Gasteiger partial charge in [0.2, 0.25) is 5.91 Å². The van der Waals surface area contributed by atoms with Crippen molar-refractivity contribution < 1.29 is 18.0 Å². The summed E-state index contributed by atoms with van der Waals surface area (Å²) < 4.78 is 35.9. The number of carbonyl (C=O) groups is 1. The van der Waals surface area contributed by atoms with Gasteiger partial charge in [0.15, 0.2) is 0 Å². The Morgan fingerprint density at radius 1 is 1.42 bits per heavy atom. The predicted octanol–water partition coefficient (Wildman–Crippen LogP) is 0.273. The van der Waals surface area contributed by atoms with E-state index < -0.39 is 24.5 Å². The highest BCUT2D eigenvalue weighted by molar-refractivity contribution is 5.76. The van der Waals surface area contributed by atoms with Crippen LogP contribution in [-0.4, -0.2) is 32.2 Å². The monoisotopic (exact) mass is 184 g/mol. The molecule has 0 bridgehead atoms. The van der Waals surface area contributed by atoms with E-state index in [0.29, 0.717) is 0 Å². The molecular weight excluding hydrogens is 173 g/mol. The van der Waals surface area contributed by atoms with Gasteiger partial charge >= 0.3 is 6.18 Å².